The van der Waals surface area contributed by atoms with E-state index in [-0.39, 0.29) is 24.0 Å². The zero-order valence-corrected chi connectivity index (χ0v) is 18.7. The fourth-order valence-electron chi connectivity index (χ4n) is 2.31. The molecule has 0 bridgehead atoms. The molecule has 2 heterocycles. The number of aromatic nitrogens is 1. The number of guanidine groups is 1. The summed E-state index contributed by atoms with van der Waals surface area (Å²) >= 11 is 3.61. The van der Waals surface area contributed by atoms with E-state index in [1.54, 1.807) is 11.3 Å². The second-order valence-electron chi connectivity index (χ2n) is 5.60. The van der Waals surface area contributed by atoms with E-state index < -0.39 is 0 Å². The molecule has 2 aromatic rings. The van der Waals surface area contributed by atoms with Gasteiger partial charge in [-0.3, -0.25) is 4.99 Å². The maximum absolute atomic E-state index is 4.59. The Balaban J connectivity index is 0.00000288. The SMILES string of the molecule is CCc1nc(CCNC(=NC)NC(C)Cc2ccc(C)s2)cs1.I. The summed E-state index contributed by atoms with van der Waals surface area (Å²) in [7, 11) is 1.81. The fourth-order valence-corrected chi connectivity index (χ4v) is 4.11. The molecule has 134 valence electrons. The van der Waals surface area contributed by atoms with Crippen LogP contribution in [0, 0.1) is 6.92 Å². The van der Waals surface area contributed by atoms with Gasteiger partial charge in [0.2, 0.25) is 0 Å². The maximum Gasteiger partial charge on any atom is 0.191 e. The van der Waals surface area contributed by atoms with Crippen molar-refractivity contribution in [2.75, 3.05) is 13.6 Å². The molecule has 4 nitrogen and oxygen atoms in total. The van der Waals surface area contributed by atoms with E-state index in [4.69, 9.17) is 0 Å². The highest BCUT2D eigenvalue weighted by atomic mass is 127. The number of nitrogens with one attached hydrogen (secondary N) is 2. The van der Waals surface area contributed by atoms with Crippen molar-refractivity contribution in [1.29, 1.82) is 0 Å². The van der Waals surface area contributed by atoms with Gasteiger partial charge in [0.1, 0.15) is 0 Å². The van der Waals surface area contributed by atoms with Crippen LogP contribution in [0.1, 0.15) is 34.3 Å². The maximum atomic E-state index is 4.59. The van der Waals surface area contributed by atoms with Crippen LogP contribution in [0.25, 0.3) is 0 Å². The van der Waals surface area contributed by atoms with E-state index in [1.807, 2.05) is 18.4 Å². The van der Waals surface area contributed by atoms with Crippen LogP contribution in [-0.4, -0.2) is 30.6 Å². The van der Waals surface area contributed by atoms with Gasteiger partial charge in [0, 0.05) is 47.6 Å². The summed E-state index contributed by atoms with van der Waals surface area (Å²) in [5, 5.41) is 10.2. The van der Waals surface area contributed by atoms with Crippen molar-refractivity contribution >= 4 is 52.6 Å². The van der Waals surface area contributed by atoms with E-state index >= 15 is 0 Å². The summed E-state index contributed by atoms with van der Waals surface area (Å²) in [6.07, 6.45) is 2.96. The van der Waals surface area contributed by atoms with Crippen molar-refractivity contribution in [2.45, 2.75) is 46.1 Å². The van der Waals surface area contributed by atoms with Gasteiger partial charge in [-0.2, -0.15) is 0 Å². The molecular weight excluding hydrogens is 451 g/mol. The van der Waals surface area contributed by atoms with Crippen LogP contribution >= 0.6 is 46.7 Å². The molecule has 0 fully saturated rings. The Morgan fingerprint density at radius 1 is 1.38 bits per heavy atom. The highest BCUT2D eigenvalue weighted by molar-refractivity contribution is 14.0. The molecule has 0 radical (unpaired) electrons. The number of hydrogen-bond donors (Lipinski definition) is 2. The van der Waals surface area contributed by atoms with Crippen molar-refractivity contribution < 1.29 is 0 Å². The summed E-state index contributed by atoms with van der Waals surface area (Å²) < 4.78 is 0. The monoisotopic (exact) mass is 478 g/mol. The number of aliphatic imine (C=N–C) groups is 1. The summed E-state index contributed by atoms with van der Waals surface area (Å²) in [4.78, 5) is 11.7. The van der Waals surface area contributed by atoms with Crippen molar-refractivity contribution in [3.63, 3.8) is 0 Å². The number of hydrogen-bond acceptors (Lipinski definition) is 4. The molecule has 0 saturated heterocycles. The van der Waals surface area contributed by atoms with Gasteiger partial charge in [-0.05, 0) is 32.4 Å². The smallest absolute Gasteiger partial charge is 0.191 e. The highest BCUT2D eigenvalue weighted by Crippen LogP contribution is 2.16. The molecule has 0 aliphatic rings. The molecule has 0 aliphatic carbocycles. The number of thiazole rings is 1. The van der Waals surface area contributed by atoms with Crippen LogP contribution in [0.5, 0.6) is 0 Å². The molecule has 0 spiro atoms. The molecule has 7 heteroatoms. The van der Waals surface area contributed by atoms with E-state index in [9.17, 15) is 0 Å². The lowest BCUT2D eigenvalue weighted by atomic mass is 10.2. The van der Waals surface area contributed by atoms with Gasteiger partial charge in [-0.15, -0.1) is 46.7 Å². The lowest BCUT2D eigenvalue weighted by molar-refractivity contribution is 0.644. The normalized spacial score (nSPS) is 12.6. The van der Waals surface area contributed by atoms with Crippen LogP contribution in [0.3, 0.4) is 0 Å². The Hall–Kier alpha value is -0.670. The molecule has 1 atom stereocenters. The first-order valence-electron chi connectivity index (χ1n) is 8.06. The lowest BCUT2D eigenvalue weighted by Crippen LogP contribution is -2.43. The van der Waals surface area contributed by atoms with Gasteiger partial charge < -0.3 is 10.6 Å². The third-order valence-corrected chi connectivity index (χ3v) is 5.55. The van der Waals surface area contributed by atoms with Gasteiger partial charge in [-0.25, -0.2) is 4.98 Å². The highest BCUT2D eigenvalue weighted by Gasteiger charge is 2.08. The minimum absolute atomic E-state index is 0. The van der Waals surface area contributed by atoms with Crippen LogP contribution in [0.15, 0.2) is 22.5 Å². The van der Waals surface area contributed by atoms with Crippen LogP contribution in [0.4, 0.5) is 0 Å². The van der Waals surface area contributed by atoms with Gasteiger partial charge in [0.25, 0.3) is 0 Å². The first-order valence-corrected chi connectivity index (χ1v) is 9.76. The Kier molecular flexibility index (Phi) is 9.84. The molecule has 0 aromatic carbocycles. The van der Waals surface area contributed by atoms with Crippen molar-refractivity contribution in [2.24, 2.45) is 4.99 Å². The molecule has 1 unspecified atom stereocenters. The van der Waals surface area contributed by atoms with Gasteiger partial charge in [-0.1, -0.05) is 6.92 Å². The van der Waals surface area contributed by atoms with E-state index in [2.05, 4.69) is 58.9 Å². The summed E-state index contributed by atoms with van der Waals surface area (Å²) in [6.45, 7) is 7.32. The lowest BCUT2D eigenvalue weighted by Gasteiger charge is -2.17. The second kappa shape index (κ2) is 11.0. The molecular formula is C17H27IN4S2. The van der Waals surface area contributed by atoms with E-state index in [0.717, 1.165) is 37.5 Å². The van der Waals surface area contributed by atoms with Crippen molar-refractivity contribution in [3.05, 3.63) is 38.0 Å². The predicted molar refractivity (Wildman–Crippen MR) is 117 cm³/mol. The predicted octanol–water partition coefficient (Wildman–Crippen LogP) is 4.03. The van der Waals surface area contributed by atoms with Gasteiger partial charge in [0.05, 0.1) is 10.7 Å². The summed E-state index contributed by atoms with van der Waals surface area (Å²) in [5.41, 5.74) is 1.16. The number of aryl methyl sites for hydroxylation is 2. The van der Waals surface area contributed by atoms with Crippen molar-refractivity contribution in [1.82, 2.24) is 15.6 Å². The third kappa shape index (κ3) is 7.06. The van der Waals surface area contributed by atoms with Crippen LogP contribution < -0.4 is 10.6 Å². The zero-order chi connectivity index (χ0) is 16.7. The van der Waals surface area contributed by atoms with Crippen molar-refractivity contribution in [3.8, 4) is 0 Å². The first-order chi connectivity index (χ1) is 11.1. The second-order valence-corrected chi connectivity index (χ2v) is 7.91. The average Bonchev–Trinajstić information content (AvgIpc) is 3.15. The molecule has 2 rings (SSSR count). The van der Waals surface area contributed by atoms with E-state index in [1.165, 1.54) is 14.8 Å². The Morgan fingerprint density at radius 3 is 2.75 bits per heavy atom. The standard InChI is InChI=1S/C17H26N4S2.HI/c1-5-16-21-14(11-22-16)8-9-19-17(18-4)20-12(2)10-15-7-6-13(3)23-15;/h6-7,11-12H,5,8-10H2,1-4H3,(H2,18,19,20);1H. The van der Waals surface area contributed by atoms with E-state index in [0.29, 0.717) is 6.04 Å². The Morgan fingerprint density at radius 2 is 2.17 bits per heavy atom. The first kappa shape index (κ1) is 21.4. The third-order valence-electron chi connectivity index (χ3n) is 3.49. The molecule has 0 saturated carbocycles. The van der Waals surface area contributed by atoms with Crippen LogP contribution in [0.2, 0.25) is 0 Å². The topological polar surface area (TPSA) is 49.3 Å². The Labute approximate surface area is 170 Å². The molecule has 2 N–H and O–H groups in total. The number of thiophene rings is 1. The average molecular weight is 478 g/mol. The minimum Gasteiger partial charge on any atom is -0.356 e. The number of halogens is 1. The Bertz CT molecular complexity index is 636. The number of nitrogens with zero attached hydrogens (tertiary/aromatic N) is 2. The number of rotatable bonds is 7. The molecule has 0 aliphatic heterocycles. The molecule has 24 heavy (non-hydrogen) atoms. The zero-order valence-electron chi connectivity index (χ0n) is 14.8. The quantitative estimate of drug-likeness (QED) is 0.359. The molecule has 0 amide bonds. The van der Waals surface area contributed by atoms with Crippen LogP contribution in [-0.2, 0) is 19.3 Å². The van der Waals surface area contributed by atoms with Gasteiger partial charge >= 0.3 is 0 Å². The fraction of sp³-hybridized carbons (Fsp3) is 0.529. The van der Waals surface area contributed by atoms with Gasteiger partial charge in [0.15, 0.2) is 5.96 Å². The summed E-state index contributed by atoms with van der Waals surface area (Å²) in [5.74, 6) is 0.858. The largest absolute Gasteiger partial charge is 0.356 e. The summed E-state index contributed by atoms with van der Waals surface area (Å²) in [6, 6.07) is 4.74. The minimum atomic E-state index is 0. The molecule has 2 aromatic heterocycles.